The van der Waals surface area contributed by atoms with Crippen molar-refractivity contribution in [3.63, 3.8) is 0 Å². The van der Waals surface area contributed by atoms with Gasteiger partial charge >= 0.3 is 0 Å². The highest BCUT2D eigenvalue weighted by atomic mass is 35.5. The molecule has 1 aromatic carbocycles. The minimum atomic E-state index is -0.0283. The topological polar surface area (TPSA) is 29.3 Å². The van der Waals surface area contributed by atoms with Crippen LogP contribution >= 0.6 is 11.6 Å². The van der Waals surface area contributed by atoms with E-state index in [1.165, 1.54) is 5.56 Å². The molecule has 0 aromatic heterocycles. The normalized spacial score (nSPS) is 20.4. The van der Waals surface area contributed by atoms with E-state index >= 15 is 0 Å². The van der Waals surface area contributed by atoms with Crippen molar-refractivity contribution in [3.05, 3.63) is 34.9 Å². The molecule has 2 N–H and O–H groups in total. The summed E-state index contributed by atoms with van der Waals surface area (Å²) in [5, 5.41) is 0.792. The van der Waals surface area contributed by atoms with Gasteiger partial charge in [0, 0.05) is 10.6 Å². The van der Waals surface area contributed by atoms with E-state index in [4.69, 9.17) is 17.3 Å². The standard InChI is InChI=1S/C14H21ClN2/c1-2-17-9-7-14(16,8-10-17)11-12-3-5-13(15)6-4-12/h3-6H,2,7-11,16H2,1H3. The molecule has 1 aliphatic heterocycles. The Hall–Kier alpha value is -0.570. The average molecular weight is 253 g/mol. The van der Waals surface area contributed by atoms with Crippen molar-refractivity contribution in [3.8, 4) is 0 Å². The predicted molar refractivity (Wildman–Crippen MR) is 73.4 cm³/mol. The van der Waals surface area contributed by atoms with Crippen LogP contribution in [0.15, 0.2) is 24.3 Å². The van der Waals surface area contributed by atoms with Crippen molar-refractivity contribution in [1.29, 1.82) is 0 Å². The first-order valence-corrected chi connectivity index (χ1v) is 6.75. The van der Waals surface area contributed by atoms with Gasteiger partial charge in [0.1, 0.15) is 0 Å². The average Bonchev–Trinajstić information content (AvgIpc) is 2.33. The number of piperidine rings is 1. The third-order valence-electron chi connectivity index (χ3n) is 3.77. The van der Waals surface area contributed by atoms with E-state index in [1.54, 1.807) is 0 Å². The fraction of sp³-hybridized carbons (Fsp3) is 0.571. The van der Waals surface area contributed by atoms with Crippen molar-refractivity contribution in [2.75, 3.05) is 19.6 Å². The summed E-state index contributed by atoms with van der Waals surface area (Å²) in [4.78, 5) is 2.47. The molecule has 0 bridgehead atoms. The summed E-state index contributed by atoms with van der Waals surface area (Å²) < 4.78 is 0. The van der Waals surface area contributed by atoms with E-state index < -0.39 is 0 Å². The third-order valence-corrected chi connectivity index (χ3v) is 4.02. The number of hydrogen-bond donors (Lipinski definition) is 1. The summed E-state index contributed by atoms with van der Waals surface area (Å²) in [5.74, 6) is 0. The molecule has 0 atom stereocenters. The fourth-order valence-electron chi connectivity index (χ4n) is 2.50. The molecule has 1 fully saturated rings. The Morgan fingerprint density at radius 2 is 1.82 bits per heavy atom. The summed E-state index contributed by atoms with van der Waals surface area (Å²) in [7, 11) is 0. The van der Waals surface area contributed by atoms with E-state index in [2.05, 4.69) is 24.0 Å². The molecule has 17 heavy (non-hydrogen) atoms. The number of halogens is 1. The zero-order chi connectivity index (χ0) is 12.3. The number of nitrogens with zero attached hydrogens (tertiary/aromatic N) is 1. The van der Waals surface area contributed by atoms with Gasteiger partial charge in [0.2, 0.25) is 0 Å². The molecule has 94 valence electrons. The quantitative estimate of drug-likeness (QED) is 0.896. The maximum atomic E-state index is 6.49. The Labute approximate surface area is 109 Å². The van der Waals surface area contributed by atoms with Crippen molar-refractivity contribution in [2.24, 2.45) is 5.73 Å². The molecule has 1 heterocycles. The molecule has 0 aliphatic carbocycles. The summed E-state index contributed by atoms with van der Waals surface area (Å²) in [5.41, 5.74) is 7.75. The molecule has 1 aliphatic rings. The Morgan fingerprint density at radius 1 is 1.24 bits per heavy atom. The Kier molecular flexibility index (Phi) is 4.08. The largest absolute Gasteiger partial charge is 0.325 e. The van der Waals surface area contributed by atoms with Crippen molar-refractivity contribution < 1.29 is 0 Å². The molecular formula is C14H21ClN2. The second-order valence-electron chi connectivity index (χ2n) is 5.10. The lowest BCUT2D eigenvalue weighted by molar-refractivity contribution is 0.168. The minimum absolute atomic E-state index is 0.0283. The molecular weight excluding hydrogens is 232 g/mol. The lowest BCUT2D eigenvalue weighted by Crippen LogP contribution is -2.51. The molecule has 1 aromatic rings. The Morgan fingerprint density at radius 3 is 2.35 bits per heavy atom. The second kappa shape index (κ2) is 5.38. The van der Waals surface area contributed by atoms with Gasteiger partial charge in [-0.3, -0.25) is 0 Å². The lowest BCUT2D eigenvalue weighted by atomic mass is 9.83. The van der Waals surface area contributed by atoms with Crippen LogP contribution in [-0.2, 0) is 6.42 Å². The predicted octanol–water partition coefficient (Wildman–Crippen LogP) is 2.70. The highest BCUT2D eigenvalue weighted by Crippen LogP contribution is 2.24. The zero-order valence-electron chi connectivity index (χ0n) is 10.5. The van der Waals surface area contributed by atoms with Crippen molar-refractivity contribution in [2.45, 2.75) is 31.7 Å². The Bertz CT molecular complexity index is 353. The highest BCUT2D eigenvalue weighted by Gasteiger charge is 2.30. The van der Waals surface area contributed by atoms with Gasteiger partial charge in [0.15, 0.2) is 0 Å². The summed E-state index contributed by atoms with van der Waals surface area (Å²) in [6.07, 6.45) is 3.13. The summed E-state index contributed by atoms with van der Waals surface area (Å²) >= 11 is 5.89. The molecule has 2 nitrogen and oxygen atoms in total. The van der Waals surface area contributed by atoms with Crippen LogP contribution in [0.3, 0.4) is 0 Å². The maximum absolute atomic E-state index is 6.49. The maximum Gasteiger partial charge on any atom is 0.0406 e. The van der Waals surface area contributed by atoms with Crippen LogP contribution in [0.4, 0.5) is 0 Å². The van der Waals surface area contributed by atoms with Gasteiger partial charge in [-0.05, 0) is 56.6 Å². The van der Waals surface area contributed by atoms with Crippen LogP contribution < -0.4 is 5.73 Å². The van der Waals surface area contributed by atoms with Crippen LogP contribution in [0, 0.1) is 0 Å². The first-order chi connectivity index (χ1) is 8.11. The highest BCUT2D eigenvalue weighted by molar-refractivity contribution is 6.30. The molecule has 2 rings (SSSR count). The second-order valence-corrected chi connectivity index (χ2v) is 5.54. The first kappa shape index (κ1) is 12.9. The van der Waals surface area contributed by atoms with Gasteiger partial charge in [-0.15, -0.1) is 0 Å². The first-order valence-electron chi connectivity index (χ1n) is 6.37. The smallest absolute Gasteiger partial charge is 0.0406 e. The third kappa shape index (κ3) is 3.44. The van der Waals surface area contributed by atoms with Gasteiger partial charge in [-0.2, -0.15) is 0 Å². The molecule has 1 saturated heterocycles. The minimum Gasteiger partial charge on any atom is -0.325 e. The number of nitrogens with two attached hydrogens (primary N) is 1. The van der Waals surface area contributed by atoms with E-state index in [-0.39, 0.29) is 5.54 Å². The van der Waals surface area contributed by atoms with Crippen LogP contribution in [0.25, 0.3) is 0 Å². The summed E-state index contributed by atoms with van der Waals surface area (Å²) in [6.45, 7) is 5.60. The van der Waals surface area contributed by atoms with E-state index in [0.29, 0.717) is 0 Å². The van der Waals surface area contributed by atoms with Gasteiger partial charge in [-0.25, -0.2) is 0 Å². The molecule has 0 radical (unpaired) electrons. The van der Waals surface area contributed by atoms with E-state index in [0.717, 1.165) is 43.9 Å². The molecule has 0 saturated carbocycles. The molecule has 0 amide bonds. The van der Waals surface area contributed by atoms with Crippen LogP contribution in [-0.4, -0.2) is 30.1 Å². The zero-order valence-corrected chi connectivity index (χ0v) is 11.2. The number of rotatable bonds is 3. The monoisotopic (exact) mass is 252 g/mol. The summed E-state index contributed by atoms with van der Waals surface area (Å²) in [6, 6.07) is 8.06. The van der Waals surface area contributed by atoms with Crippen molar-refractivity contribution in [1.82, 2.24) is 4.90 Å². The van der Waals surface area contributed by atoms with Crippen LogP contribution in [0.2, 0.25) is 5.02 Å². The van der Waals surface area contributed by atoms with Gasteiger partial charge in [0.25, 0.3) is 0 Å². The van der Waals surface area contributed by atoms with Crippen molar-refractivity contribution >= 4 is 11.6 Å². The molecule has 0 unspecified atom stereocenters. The number of benzene rings is 1. The van der Waals surface area contributed by atoms with E-state index in [1.807, 2.05) is 12.1 Å². The fourth-order valence-corrected chi connectivity index (χ4v) is 2.63. The Balaban J connectivity index is 1.96. The van der Waals surface area contributed by atoms with E-state index in [9.17, 15) is 0 Å². The van der Waals surface area contributed by atoms with Gasteiger partial charge < -0.3 is 10.6 Å². The lowest BCUT2D eigenvalue weighted by Gasteiger charge is -2.39. The van der Waals surface area contributed by atoms with Gasteiger partial charge in [-0.1, -0.05) is 30.7 Å². The van der Waals surface area contributed by atoms with Crippen LogP contribution in [0.5, 0.6) is 0 Å². The molecule has 3 heteroatoms. The number of hydrogen-bond acceptors (Lipinski definition) is 2. The number of likely N-dealkylation sites (tertiary alicyclic amines) is 1. The molecule has 0 spiro atoms. The van der Waals surface area contributed by atoms with Crippen LogP contribution in [0.1, 0.15) is 25.3 Å². The van der Waals surface area contributed by atoms with Gasteiger partial charge in [0.05, 0.1) is 0 Å². The SMILES string of the molecule is CCN1CCC(N)(Cc2ccc(Cl)cc2)CC1.